The molecule has 0 spiro atoms. The number of para-hydroxylation sites is 1. The fourth-order valence-electron chi connectivity index (χ4n) is 3.20. The van der Waals surface area contributed by atoms with Crippen molar-refractivity contribution in [2.75, 3.05) is 13.2 Å². The average Bonchev–Trinajstić information content (AvgIpc) is 3.08. The van der Waals surface area contributed by atoms with Gasteiger partial charge in [-0.25, -0.2) is 4.39 Å². The Kier molecular flexibility index (Phi) is 7.10. The second kappa shape index (κ2) is 10.4. The van der Waals surface area contributed by atoms with Crippen molar-refractivity contribution in [2.24, 2.45) is 0 Å². The molecule has 0 bridgehead atoms. The summed E-state index contributed by atoms with van der Waals surface area (Å²) >= 11 is 0.895. The van der Waals surface area contributed by atoms with E-state index in [-0.39, 0.29) is 36.7 Å². The Bertz CT molecular complexity index is 1180. The van der Waals surface area contributed by atoms with Crippen molar-refractivity contribution in [1.29, 1.82) is 0 Å². The maximum atomic E-state index is 13.1. The third-order valence-corrected chi connectivity index (χ3v) is 5.90. The van der Waals surface area contributed by atoms with E-state index in [1.807, 2.05) is 49.4 Å². The van der Waals surface area contributed by atoms with Gasteiger partial charge in [-0.2, -0.15) is 0 Å². The van der Waals surface area contributed by atoms with Gasteiger partial charge in [0.15, 0.2) is 0 Å². The predicted molar refractivity (Wildman–Crippen MR) is 127 cm³/mol. The van der Waals surface area contributed by atoms with Crippen molar-refractivity contribution in [2.45, 2.75) is 13.5 Å². The number of halogens is 1. The summed E-state index contributed by atoms with van der Waals surface area (Å²) in [5.74, 6) is 0.594. The molecule has 0 aromatic heterocycles. The number of nitrogens with zero attached hydrogens (tertiary/aromatic N) is 1. The third-order valence-electron chi connectivity index (χ3n) is 4.99. The second-order valence-corrected chi connectivity index (χ2v) is 8.44. The maximum Gasteiger partial charge on any atom is 0.293 e. The standard InChI is InChI=1S/C26H22FNO4S/c1-18-6-12-22(13-7-18)31-15-14-28-25(29)24(33-26(28)30)16-20-4-2-3-5-23(20)32-17-19-8-10-21(27)11-9-19/h2-13,16H,14-15,17H2,1H3/b24-16-. The molecule has 5 nitrogen and oxygen atoms in total. The van der Waals surface area contributed by atoms with E-state index in [4.69, 9.17) is 9.47 Å². The monoisotopic (exact) mass is 463 g/mol. The molecule has 33 heavy (non-hydrogen) atoms. The number of thioether (sulfide) groups is 1. The van der Waals surface area contributed by atoms with Crippen LogP contribution in [0.2, 0.25) is 0 Å². The number of ether oxygens (including phenoxy) is 2. The number of aryl methyl sites for hydroxylation is 1. The van der Waals surface area contributed by atoms with Gasteiger partial charge >= 0.3 is 0 Å². The summed E-state index contributed by atoms with van der Waals surface area (Å²) in [7, 11) is 0. The lowest BCUT2D eigenvalue weighted by Gasteiger charge is -2.13. The first-order chi connectivity index (χ1) is 16.0. The lowest BCUT2D eigenvalue weighted by Crippen LogP contribution is -2.32. The topological polar surface area (TPSA) is 55.8 Å². The molecular formula is C26H22FNO4S. The van der Waals surface area contributed by atoms with Crippen molar-refractivity contribution < 1.29 is 23.5 Å². The largest absolute Gasteiger partial charge is 0.492 e. The number of amides is 2. The highest BCUT2D eigenvalue weighted by atomic mass is 32.2. The van der Waals surface area contributed by atoms with Gasteiger partial charge in [-0.15, -0.1) is 0 Å². The molecule has 1 saturated heterocycles. The molecule has 0 atom stereocenters. The zero-order valence-electron chi connectivity index (χ0n) is 18.0. The summed E-state index contributed by atoms with van der Waals surface area (Å²) in [6.45, 7) is 2.62. The summed E-state index contributed by atoms with van der Waals surface area (Å²) < 4.78 is 24.6. The molecule has 7 heteroatoms. The number of imide groups is 1. The molecular weight excluding hydrogens is 441 g/mol. The first-order valence-corrected chi connectivity index (χ1v) is 11.2. The fraction of sp³-hybridized carbons (Fsp3) is 0.154. The molecule has 1 aliphatic rings. The van der Waals surface area contributed by atoms with E-state index < -0.39 is 0 Å². The van der Waals surface area contributed by atoms with Crippen molar-refractivity contribution in [3.63, 3.8) is 0 Å². The molecule has 168 valence electrons. The van der Waals surface area contributed by atoms with Gasteiger partial charge in [0.2, 0.25) is 0 Å². The van der Waals surface area contributed by atoms with E-state index in [2.05, 4.69) is 0 Å². The van der Waals surface area contributed by atoms with Crippen molar-refractivity contribution in [1.82, 2.24) is 4.90 Å². The molecule has 4 rings (SSSR count). The van der Waals surface area contributed by atoms with Gasteiger partial charge in [0.05, 0.1) is 11.4 Å². The van der Waals surface area contributed by atoms with Gasteiger partial charge in [-0.3, -0.25) is 14.5 Å². The van der Waals surface area contributed by atoms with Gasteiger partial charge < -0.3 is 9.47 Å². The van der Waals surface area contributed by atoms with Crippen molar-refractivity contribution in [3.8, 4) is 11.5 Å². The van der Waals surface area contributed by atoms with E-state index in [0.717, 1.165) is 22.9 Å². The summed E-state index contributed by atoms with van der Waals surface area (Å²) in [6.07, 6.45) is 1.66. The Balaban J connectivity index is 1.40. The average molecular weight is 464 g/mol. The first-order valence-electron chi connectivity index (χ1n) is 10.4. The lowest BCUT2D eigenvalue weighted by atomic mass is 10.1. The van der Waals surface area contributed by atoms with Gasteiger partial charge in [0.1, 0.15) is 30.5 Å². The Labute approximate surface area is 195 Å². The first kappa shape index (κ1) is 22.6. The number of carbonyl (C=O) groups is 2. The molecule has 1 heterocycles. The van der Waals surface area contributed by atoms with Crippen LogP contribution in [0.5, 0.6) is 11.5 Å². The van der Waals surface area contributed by atoms with Gasteiger partial charge in [-0.1, -0.05) is 48.0 Å². The molecule has 0 unspecified atom stereocenters. The predicted octanol–water partition coefficient (Wildman–Crippen LogP) is 5.83. The smallest absolute Gasteiger partial charge is 0.293 e. The Hall–Kier alpha value is -3.58. The van der Waals surface area contributed by atoms with E-state index in [0.29, 0.717) is 22.0 Å². The number of carbonyl (C=O) groups excluding carboxylic acids is 2. The van der Waals surface area contributed by atoms with Crippen molar-refractivity contribution in [3.05, 3.63) is 100 Å². The summed E-state index contributed by atoms with van der Waals surface area (Å²) in [4.78, 5) is 26.7. The van der Waals surface area contributed by atoms with E-state index >= 15 is 0 Å². The Morgan fingerprint density at radius 2 is 1.67 bits per heavy atom. The number of hydrogen-bond donors (Lipinski definition) is 0. The zero-order chi connectivity index (χ0) is 23.2. The molecule has 3 aromatic rings. The van der Waals surface area contributed by atoms with E-state index in [9.17, 15) is 14.0 Å². The lowest BCUT2D eigenvalue weighted by molar-refractivity contribution is -0.123. The maximum absolute atomic E-state index is 13.1. The highest BCUT2D eigenvalue weighted by molar-refractivity contribution is 8.18. The fourth-order valence-corrected chi connectivity index (χ4v) is 4.05. The molecule has 2 amide bonds. The number of hydrogen-bond acceptors (Lipinski definition) is 5. The minimum Gasteiger partial charge on any atom is -0.492 e. The van der Waals surface area contributed by atoms with Crippen LogP contribution < -0.4 is 9.47 Å². The van der Waals surface area contributed by atoms with Crippen molar-refractivity contribution >= 4 is 29.0 Å². The molecule has 0 saturated carbocycles. The van der Waals surface area contributed by atoms with Crippen LogP contribution in [0.3, 0.4) is 0 Å². The summed E-state index contributed by atoms with van der Waals surface area (Å²) in [5.41, 5.74) is 2.63. The Morgan fingerprint density at radius 1 is 0.939 bits per heavy atom. The summed E-state index contributed by atoms with van der Waals surface area (Å²) in [6, 6.07) is 20.9. The van der Waals surface area contributed by atoms with E-state index in [1.54, 1.807) is 24.3 Å². The molecule has 1 fully saturated rings. The van der Waals surface area contributed by atoms with Crippen LogP contribution in [0, 0.1) is 12.7 Å². The van der Waals surface area contributed by atoms with Gasteiger partial charge in [0.25, 0.3) is 11.1 Å². The van der Waals surface area contributed by atoms with Crippen LogP contribution >= 0.6 is 11.8 Å². The Morgan fingerprint density at radius 3 is 2.42 bits per heavy atom. The zero-order valence-corrected chi connectivity index (χ0v) is 18.8. The van der Waals surface area contributed by atoms with Crippen LogP contribution in [-0.4, -0.2) is 29.2 Å². The minimum atomic E-state index is -0.356. The van der Waals surface area contributed by atoms with Crippen LogP contribution in [0.15, 0.2) is 77.7 Å². The van der Waals surface area contributed by atoms with Crippen LogP contribution in [-0.2, 0) is 11.4 Å². The quantitative estimate of drug-likeness (QED) is 0.394. The SMILES string of the molecule is Cc1ccc(OCCN2C(=O)S/C(=C\c3ccccc3OCc3ccc(F)cc3)C2=O)cc1. The van der Waals surface area contributed by atoms with Gasteiger partial charge in [0, 0.05) is 5.56 Å². The second-order valence-electron chi connectivity index (χ2n) is 7.45. The van der Waals surface area contributed by atoms with Crippen LogP contribution in [0.4, 0.5) is 9.18 Å². The number of benzene rings is 3. The molecule has 0 N–H and O–H groups in total. The van der Waals surface area contributed by atoms with Crippen LogP contribution in [0.1, 0.15) is 16.7 Å². The molecule has 1 aliphatic heterocycles. The van der Waals surface area contributed by atoms with E-state index in [1.165, 1.54) is 17.0 Å². The van der Waals surface area contributed by atoms with Gasteiger partial charge in [-0.05, 0) is 60.7 Å². The normalized spacial score (nSPS) is 14.7. The molecule has 0 radical (unpaired) electrons. The highest BCUT2D eigenvalue weighted by Crippen LogP contribution is 2.34. The highest BCUT2D eigenvalue weighted by Gasteiger charge is 2.35. The summed E-state index contributed by atoms with van der Waals surface area (Å²) in [5, 5.41) is -0.330. The molecule has 0 aliphatic carbocycles. The number of rotatable bonds is 8. The third kappa shape index (κ3) is 5.81. The van der Waals surface area contributed by atoms with Crippen LogP contribution in [0.25, 0.3) is 6.08 Å². The molecule has 3 aromatic carbocycles. The minimum absolute atomic E-state index is 0.165.